The predicted octanol–water partition coefficient (Wildman–Crippen LogP) is 3.45. The van der Waals surface area contributed by atoms with Gasteiger partial charge in [0.2, 0.25) is 17.7 Å². The zero-order valence-electron chi connectivity index (χ0n) is 25.8. The molecule has 3 aliphatic rings. The molecule has 1 aromatic rings. The van der Waals surface area contributed by atoms with Gasteiger partial charge in [-0.2, -0.15) is 0 Å². The summed E-state index contributed by atoms with van der Waals surface area (Å²) < 4.78 is 0. The smallest absolute Gasteiger partial charge is 0.240 e. The highest BCUT2D eigenvalue weighted by Gasteiger charge is 2.41. The molecule has 3 N–H and O–H groups in total. The number of hydrogen-bond donors (Lipinski definition) is 2. The first-order chi connectivity index (χ1) is 20.1. The van der Waals surface area contributed by atoms with E-state index in [0.717, 1.165) is 76.8 Å². The Hall–Kier alpha value is -2.20. The van der Waals surface area contributed by atoms with Crippen LogP contribution < -0.4 is 11.1 Å². The van der Waals surface area contributed by atoms with Crippen molar-refractivity contribution in [1.82, 2.24) is 25.1 Å². The molecule has 2 aliphatic heterocycles. The van der Waals surface area contributed by atoms with Crippen molar-refractivity contribution in [3.63, 3.8) is 0 Å². The van der Waals surface area contributed by atoms with Crippen LogP contribution in [0.25, 0.3) is 0 Å². The molecule has 4 rings (SSSR count). The van der Waals surface area contributed by atoms with Gasteiger partial charge in [0.25, 0.3) is 0 Å². The van der Waals surface area contributed by atoms with E-state index in [4.69, 9.17) is 17.3 Å². The molecular weight excluding hydrogens is 552 g/mol. The first-order valence-corrected chi connectivity index (χ1v) is 16.3. The maximum atomic E-state index is 14.2. The number of piperidine rings is 1. The summed E-state index contributed by atoms with van der Waals surface area (Å²) in [5, 5.41) is 9.13. The molecule has 3 amide bonds. The van der Waals surface area contributed by atoms with Crippen LogP contribution in [0.1, 0.15) is 77.7 Å². The van der Waals surface area contributed by atoms with Crippen LogP contribution in [0.3, 0.4) is 0 Å². The number of nitrogens with two attached hydrogens (primary N) is 1. The molecule has 1 aliphatic carbocycles. The number of likely N-dealkylation sites (tertiary alicyclic amines) is 1. The van der Waals surface area contributed by atoms with Gasteiger partial charge in [0.15, 0.2) is 0 Å². The number of rotatable bonds is 10. The van der Waals surface area contributed by atoms with Crippen LogP contribution in [-0.4, -0.2) is 101 Å². The minimum Gasteiger partial charge on any atom is -0.368 e. The Bertz CT molecular complexity index is 1040. The third-order valence-corrected chi connectivity index (χ3v) is 9.60. The second-order valence-electron chi connectivity index (χ2n) is 12.9. The molecule has 9 nitrogen and oxygen atoms in total. The van der Waals surface area contributed by atoms with Gasteiger partial charge in [0.05, 0.1) is 11.6 Å². The molecule has 0 aromatic heterocycles. The molecule has 3 fully saturated rings. The second-order valence-corrected chi connectivity index (χ2v) is 13.4. The fourth-order valence-electron chi connectivity index (χ4n) is 6.93. The van der Waals surface area contributed by atoms with E-state index in [1.807, 2.05) is 34.1 Å². The van der Waals surface area contributed by atoms with E-state index in [9.17, 15) is 14.4 Å². The van der Waals surface area contributed by atoms with Crippen molar-refractivity contribution in [3.8, 4) is 0 Å². The van der Waals surface area contributed by atoms with E-state index in [2.05, 4.69) is 29.2 Å². The van der Waals surface area contributed by atoms with Crippen molar-refractivity contribution in [2.24, 2.45) is 11.7 Å². The highest BCUT2D eigenvalue weighted by Crippen LogP contribution is 2.29. The lowest BCUT2D eigenvalue weighted by Gasteiger charge is -2.48. The van der Waals surface area contributed by atoms with Gasteiger partial charge < -0.3 is 15.5 Å². The van der Waals surface area contributed by atoms with Crippen molar-refractivity contribution in [2.45, 2.75) is 96.2 Å². The van der Waals surface area contributed by atoms with Gasteiger partial charge in [-0.15, -0.1) is 0 Å². The molecule has 42 heavy (non-hydrogen) atoms. The fraction of sp³-hybridized carbons (Fsp3) is 0.719. The third-order valence-electron chi connectivity index (χ3n) is 9.35. The molecule has 0 unspecified atom stereocenters. The standard InChI is InChI=1S/C32H51ClN6O3/c1-24(2)23-39(28-12-16-36(17-13-28)25(3)40)38-20-18-37(19-21-38)30(41)29(22-26-8-10-27(33)11-9-26)35-32(31(34)42)14-6-4-5-7-15-32/h8-11,24,28-29,35H,4-7,12-23H2,1-3H3,(H2,34,42)/t29-/m1/s1. The van der Waals surface area contributed by atoms with Crippen molar-refractivity contribution < 1.29 is 14.4 Å². The molecule has 2 saturated heterocycles. The number of nitrogens with one attached hydrogen (secondary N) is 1. The lowest BCUT2D eigenvalue weighted by atomic mass is 9.87. The average Bonchev–Trinajstić information content (AvgIpc) is 3.23. The topological polar surface area (TPSA) is 102 Å². The highest BCUT2D eigenvalue weighted by molar-refractivity contribution is 6.30. The summed E-state index contributed by atoms with van der Waals surface area (Å²) in [5.74, 6) is 0.329. The lowest BCUT2D eigenvalue weighted by molar-refractivity contribution is -0.145. The van der Waals surface area contributed by atoms with Gasteiger partial charge in [0, 0.05) is 63.8 Å². The summed E-state index contributed by atoms with van der Waals surface area (Å²) in [6.45, 7) is 11.5. The molecule has 2 heterocycles. The average molecular weight is 603 g/mol. The summed E-state index contributed by atoms with van der Waals surface area (Å²) in [6, 6.07) is 7.44. The molecule has 0 spiro atoms. The van der Waals surface area contributed by atoms with E-state index in [1.54, 1.807) is 6.92 Å². The van der Waals surface area contributed by atoms with Crippen molar-refractivity contribution >= 4 is 29.3 Å². The predicted molar refractivity (Wildman–Crippen MR) is 167 cm³/mol. The Morgan fingerprint density at radius 1 is 0.952 bits per heavy atom. The van der Waals surface area contributed by atoms with Crippen molar-refractivity contribution in [3.05, 3.63) is 34.9 Å². The molecule has 1 aromatic carbocycles. The highest BCUT2D eigenvalue weighted by atomic mass is 35.5. The minimum atomic E-state index is -0.867. The Morgan fingerprint density at radius 3 is 2.07 bits per heavy atom. The lowest BCUT2D eigenvalue weighted by Crippen LogP contribution is -2.65. The molecule has 0 radical (unpaired) electrons. The molecular formula is C32H51ClN6O3. The van der Waals surface area contributed by atoms with E-state index in [0.29, 0.717) is 49.3 Å². The number of piperazine rings is 1. The van der Waals surface area contributed by atoms with Gasteiger partial charge in [0.1, 0.15) is 0 Å². The Morgan fingerprint density at radius 2 is 1.55 bits per heavy atom. The van der Waals surface area contributed by atoms with Crippen LogP contribution >= 0.6 is 11.6 Å². The minimum absolute atomic E-state index is 0.0275. The van der Waals surface area contributed by atoms with Crippen molar-refractivity contribution in [1.29, 1.82) is 0 Å². The zero-order valence-corrected chi connectivity index (χ0v) is 26.6. The number of carbonyl (C=O) groups excluding carboxylic acids is 3. The number of halogens is 1. The van der Waals surface area contributed by atoms with Crippen LogP contribution in [0.5, 0.6) is 0 Å². The fourth-order valence-corrected chi connectivity index (χ4v) is 7.05. The zero-order chi connectivity index (χ0) is 30.3. The van der Waals surface area contributed by atoms with Crippen LogP contribution in [-0.2, 0) is 20.8 Å². The van der Waals surface area contributed by atoms with Gasteiger partial charge >= 0.3 is 0 Å². The monoisotopic (exact) mass is 602 g/mol. The van der Waals surface area contributed by atoms with Gasteiger partial charge in [-0.25, -0.2) is 10.0 Å². The van der Waals surface area contributed by atoms with Crippen LogP contribution in [0.2, 0.25) is 5.02 Å². The van der Waals surface area contributed by atoms with E-state index >= 15 is 0 Å². The maximum Gasteiger partial charge on any atom is 0.240 e. The second kappa shape index (κ2) is 15.0. The van der Waals surface area contributed by atoms with Gasteiger partial charge in [-0.05, 0) is 55.7 Å². The number of primary amides is 1. The number of amides is 3. The third kappa shape index (κ3) is 8.46. The normalized spacial score (nSPS) is 21.4. The number of nitrogens with zero attached hydrogens (tertiary/aromatic N) is 4. The SMILES string of the molecule is CC(=O)N1CCC(N(CC(C)C)N2CCN(C(=O)[C@@H](Cc3ccc(Cl)cc3)NC3(C(N)=O)CCCCCC3)CC2)CC1. The number of carbonyl (C=O) groups is 3. The van der Waals surface area contributed by atoms with Crippen molar-refractivity contribution in [2.75, 3.05) is 45.8 Å². The van der Waals surface area contributed by atoms with E-state index < -0.39 is 11.6 Å². The number of hydrazine groups is 1. The van der Waals surface area contributed by atoms with Gasteiger partial charge in [-0.1, -0.05) is 63.3 Å². The molecule has 1 saturated carbocycles. The summed E-state index contributed by atoms with van der Waals surface area (Å²) in [5.41, 5.74) is 6.15. The summed E-state index contributed by atoms with van der Waals surface area (Å²) >= 11 is 6.14. The molecule has 10 heteroatoms. The largest absolute Gasteiger partial charge is 0.368 e. The van der Waals surface area contributed by atoms with Gasteiger partial charge in [-0.3, -0.25) is 19.7 Å². The first kappa shape index (κ1) is 32.7. The Kier molecular flexibility index (Phi) is 11.7. The first-order valence-electron chi connectivity index (χ1n) is 16.0. The van der Waals surface area contributed by atoms with Crippen LogP contribution in [0.15, 0.2) is 24.3 Å². The molecule has 0 bridgehead atoms. The summed E-state index contributed by atoms with van der Waals surface area (Å²) in [6.07, 6.45) is 7.73. The molecule has 234 valence electrons. The number of hydrogen-bond acceptors (Lipinski definition) is 6. The number of benzene rings is 1. The van der Waals surface area contributed by atoms with E-state index in [1.165, 1.54) is 0 Å². The summed E-state index contributed by atoms with van der Waals surface area (Å²) in [4.78, 5) is 42.8. The summed E-state index contributed by atoms with van der Waals surface area (Å²) in [7, 11) is 0. The Labute approximate surface area is 257 Å². The van der Waals surface area contributed by atoms with E-state index in [-0.39, 0.29) is 17.7 Å². The van der Waals surface area contributed by atoms with Crippen LogP contribution in [0, 0.1) is 5.92 Å². The quantitative estimate of drug-likeness (QED) is 0.398. The van der Waals surface area contributed by atoms with Crippen LogP contribution in [0.4, 0.5) is 0 Å². The molecule has 1 atom stereocenters. The maximum absolute atomic E-state index is 14.2. The Balaban J connectivity index is 1.46.